The Bertz CT molecular complexity index is 699. The highest BCUT2D eigenvalue weighted by atomic mass is 35.5. The normalized spacial score (nSPS) is 10.3. The second-order valence-corrected chi connectivity index (χ2v) is 5.27. The van der Waals surface area contributed by atoms with Gasteiger partial charge in [0, 0.05) is 0 Å². The van der Waals surface area contributed by atoms with E-state index in [9.17, 15) is 14.0 Å². The van der Waals surface area contributed by atoms with Crippen molar-refractivity contribution < 1.29 is 19.1 Å². The molecule has 2 aromatic rings. The van der Waals surface area contributed by atoms with Crippen LogP contribution in [-0.4, -0.2) is 17.0 Å². The maximum atomic E-state index is 13.7. The summed E-state index contributed by atoms with van der Waals surface area (Å²) in [6.45, 7) is 1.66. The van der Waals surface area contributed by atoms with Gasteiger partial charge in [-0.25, -0.2) is 9.18 Å². The summed E-state index contributed by atoms with van der Waals surface area (Å²) < 4.78 is 13.7. The highest BCUT2D eigenvalue weighted by Crippen LogP contribution is 2.28. The van der Waals surface area contributed by atoms with Crippen LogP contribution >= 0.6 is 22.9 Å². The monoisotopic (exact) mass is 313 g/mol. The van der Waals surface area contributed by atoms with Crippen LogP contribution in [0.1, 0.15) is 25.6 Å². The van der Waals surface area contributed by atoms with E-state index in [1.165, 1.54) is 18.2 Å². The highest BCUT2D eigenvalue weighted by Gasteiger charge is 2.20. The van der Waals surface area contributed by atoms with Crippen LogP contribution in [-0.2, 0) is 0 Å². The van der Waals surface area contributed by atoms with E-state index in [2.05, 4.69) is 5.32 Å². The number of anilines is 1. The predicted molar refractivity (Wildman–Crippen MR) is 75.4 cm³/mol. The molecular formula is C13H9ClFNO3S. The van der Waals surface area contributed by atoms with Crippen molar-refractivity contribution in [2.24, 2.45) is 0 Å². The van der Waals surface area contributed by atoms with Gasteiger partial charge in [0.1, 0.15) is 4.88 Å². The molecule has 0 saturated carbocycles. The van der Waals surface area contributed by atoms with Gasteiger partial charge in [0.05, 0.1) is 16.3 Å². The first-order valence-electron chi connectivity index (χ1n) is 5.48. The second-order valence-electron chi connectivity index (χ2n) is 3.98. The fourth-order valence-corrected chi connectivity index (χ4v) is 2.63. The average Bonchev–Trinajstić information content (AvgIpc) is 2.74. The van der Waals surface area contributed by atoms with Gasteiger partial charge in [-0.2, -0.15) is 0 Å². The number of carboxylic acid groups (broad SMARTS) is 1. The van der Waals surface area contributed by atoms with Gasteiger partial charge in [-0.15, -0.1) is 11.3 Å². The van der Waals surface area contributed by atoms with Crippen molar-refractivity contribution in [3.63, 3.8) is 0 Å². The number of nitrogens with one attached hydrogen (secondary N) is 1. The fourth-order valence-electron chi connectivity index (χ4n) is 1.62. The number of rotatable bonds is 3. The lowest BCUT2D eigenvalue weighted by atomic mass is 10.2. The lowest BCUT2D eigenvalue weighted by molar-refractivity contribution is 0.0703. The molecule has 0 saturated heterocycles. The molecule has 0 unspecified atom stereocenters. The maximum Gasteiger partial charge on any atom is 0.348 e. The molecule has 0 aliphatic rings. The topological polar surface area (TPSA) is 66.4 Å². The number of aryl methyl sites for hydroxylation is 1. The first-order chi connectivity index (χ1) is 9.41. The highest BCUT2D eigenvalue weighted by molar-refractivity contribution is 7.12. The molecule has 0 bridgehead atoms. The SMILES string of the molecule is Cc1csc(C(=O)O)c1NC(=O)c1cccc(Cl)c1F. The van der Waals surface area contributed by atoms with Crippen molar-refractivity contribution >= 4 is 40.5 Å². The fraction of sp³-hybridized carbons (Fsp3) is 0.0769. The van der Waals surface area contributed by atoms with Gasteiger partial charge in [0.15, 0.2) is 5.82 Å². The Balaban J connectivity index is 2.35. The Kier molecular flexibility index (Phi) is 4.06. The van der Waals surface area contributed by atoms with E-state index in [0.717, 1.165) is 11.3 Å². The van der Waals surface area contributed by atoms with Crippen LogP contribution in [0.4, 0.5) is 10.1 Å². The van der Waals surface area contributed by atoms with Gasteiger partial charge in [0.2, 0.25) is 0 Å². The lowest BCUT2D eigenvalue weighted by Crippen LogP contribution is -2.16. The summed E-state index contributed by atoms with van der Waals surface area (Å²) in [5, 5.41) is 12.9. The number of thiophene rings is 1. The predicted octanol–water partition coefficient (Wildman–Crippen LogP) is 3.80. The third-order valence-corrected chi connectivity index (χ3v) is 3.98. The molecule has 0 radical (unpaired) electrons. The molecule has 1 aromatic heterocycles. The Morgan fingerprint density at radius 1 is 1.40 bits per heavy atom. The summed E-state index contributed by atoms with van der Waals surface area (Å²) in [5.74, 6) is -2.73. The van der Waals surface area contributed by atoms with Crippen molar-refractivity contribution in [3.05, 3.63) is 50.4 Å². The molecule has 4 nitrogen and oxygen atoms in total. The Morgan fingerprint density at radius 3 is 2.75 bits per heavy atom. The van der Waals surface area contributed by atoms with Crippen molar-refractivity contribution in [1.29, 1.82) is 0 Å². The summed E-state index contributed by atoms with van der Waals surface area (Å²) >= 11 is 6.60. The molecule has 0 atom stereocenters. The van der Waals surface area contributed by atoms with Gasteiger partial charge in [0.25, 0.3) is 5.91 Å². The zero-order valence-corrected chi connectivity index (χ0v) is 11.8. The van der Waals surface area contributed by atoms with Crippen LogP contribution in [0, 0.1) is 12.7 Å². The van der Waals surface area contributed by atoms with Crippen LogP contribution < -0.4 is 5.32 Å². The molecule has 1 amide bonds. The quantitative estimate of drug-likeness (QED) is 0.905. The number of halogens is 2. The van der Waals surface area contributed by atoms with E-state index < -0.39 is 17.7 Å². The van der Waals surface area contributed by atoms with E-state index in [0.29, 0.717) is 5.56 Å². The molecular weight excluding hydrogens is 305 g/mol. The minimum Gasteiger partial charge on any atom is -0.477 e. The third kappa shape index (κ3) is 2.66. The summed E-state index contributed by atoms with van der Waals surface area (Å²) in [6, 6.07) is 4.05. The largest absolute Gasteiger partial charge is 0.477 e. The van der Waals surface area contributed by atoms with Crippen LogP contribution in [0.3, 0.4) is 0 Å². The van der Waals surface area contributed by atoms with E-state index in [1.807, 2.05) is 0 Å². The van der Waals surface area contributed by atoms with Crippen LogP contribution in [0.15, 0.2) is 23.6 Å². The van der Waals surface area contributed by atoms with Gasteiger partial charge in [-0.3, -0.25) is 4.79 Å². The molecule has 0 aliphatic heterocycles. The first-order valence-corrected chi connectivity index (χ1v) is 6.74. The number of carboxylic acids is 1. The zero-order valence-electron chi connectivity index (χ0n) is 10.2. The number of amides is 1. The lowest BCUT2D eigenvalue weighted by Gasteiger charge is -2.07. The standard InChI is InChI=1S/C13H9ClFNO3S/c1-6-5-20-11(13(18)19)10(6)16-12(17)7-3-2-4-8(14)9(7)15/h2-5H,1H3,(H,16,17)(H,18,19). The second kappa shape index (κ2) is 5.60. The smallest absolute Gasteiger partial charge is 0.348 e. The van der Waals surface area contributed by atoms with E-state index in [1.54, 1.807) is 12.3 Å². The summed E-state index contributed by atoms with van der Waals surface area (Å²) in [4.78, 5) is 23.1. The Hall–Kier alpha value is -1.92. The molecule has 2 rings (SSSR count). The van der Waals surface area contributed by atoms with Gasteiger partial charge >= 0.3 is 5.97 Å². The molecule has 1 aromatic carbocycles. The van der Waals surface area contributed by atoms with Crippen molar-refractivity contribution in [1.82, 2.24) is 0 Å². The van der Waals surface area contributed by atoms with Crippen molar-refractivity contribution in [3.8, 4) is 0 Å². The Morgan fingerprint density at radius 2 is 2.10 bits per heavy atom. The van der Waals surface area contributed by atoms with Crippen molar-refractivity contribution in [2.75, 3.05) is 5.32 Å². The summed E-state index contributed by atoms with van der Waals surface area (Å²) in [5.41, 5.74) is 0.537. The minimum atomic E-state index is -1.15. The number of hydrogen-bond acceptors (Lipinski definition) is 3. The molecule has 7 heteroatoms. The number of carbonyl (C=O) groups excluding carboxylic acids is 1. The number of aromatic carboxylic acids is 1. The van der Waals surface area contributed by atoms with Crippen LogP contribution in [0.5, 0.6) is 0 Å². The molecule has 2 N–H and O–H groups in total. The minimum absolute atomic E-state index is 0.00159. The average molecular weight is 314 g/mol. The van der Waals surface area contributed by atoms with Crippen LogP contribution in [0.25, 0.3) is 0 Å². The van der Waals surface area contributed by atoms with Gasteiger partial charge in [-0.1, -0.05) is 17.7 Å². The zero-order chi connectivity index (χ0) is 14.9. The number of hydrogen-bond donors (Lipinski definition) is 2. The van der Waals surface area contributed by atoms with E-state index in [-0.39, 0.29) is 21.2 Å². The van der Waals surface area contributed by atoms with E-state index in [4.69, 9.17) is 16.7 Å². The molecule has 0 aliphatic carbocycles. The molecule has 0 spiro atoms. The third-order valence-electron chi connectivity index (χ3n) is 2.60. The number of benzene rings is 1. The summed E-state index contributed by atoms with van der Waals surface area (Å²) in [6.07, 6.45) is 0. The van der Waals surface area contributed by atoms with E-state index >= 15 is 0 Å². The molecule has 1 heterocycles. The summed E-state index contributed by atoms with van der Waals surface area (Å²) in [7, 11) is 0. The number of carbonyl (C=O) groups is 2. The van der Waals surface area contributed by atoms with Crippen molar-refractivity contribution in [2.45, 2.75) is 6.92 Å². The van der Waals surface area contributed by atoms with Gasteiger partial charge < -0.3 is 10.4 Å². The molecule has 20 heavy (non-hydrogen) atoms. The Labute approximate surface area is 122 Å². The maximum absolute atomic E-state index is 13.7. The molecule has 104 valence electrons. The molecule has 0 fully saturated rings. The first kappa shape index (κ1) is 14.5. The van der Waals surface area contributed by atoms with Crippen LogP contribution in [0.2, 0.25) is 5.02 Å². The van der Waals surface area contributed by atoms with Gasteiger partial charge in [-0.05, 0) is 30.0 Å².